The summed E-state index contributed by atoms with van der Waals surface area (Å²) in [5.74, 6) is 0.400. The van der Waals surface area contributed by atoms with Crippen molar-refractivity contribution in [3.63, 3.8) is 0 Å². The first-order valence-corrected chi connectivity index (χ1v) is 10.9. The van der Waals surface area contributed by atoms with E-state index in [0.29, 0.717) is 39.5 Å². The minimum atomic E-state index is -0.402. The van der Waals surface area contributed by atoms with Crippen molar-refractivity contribution in [3.8, 4) is 11.6 Å². The lowest BCUT2D eigenvalue weighted by molar-refractivity contribution is -0.0248. The number of carbonyl (C=O) groups is 1. The first-order chi connectivity index (χ1) is 15.0. The lowest BCUT2D eigenvalue weighted by Gasteiger charge is -2.29. The number of benzene rings is 1. The van der Waals surface area contributed by atoms with Gasteiger partial charge in [0.05, 0.1) is 31.4 Å². The van der Waals surface area contributed by atoms with Crippen molar-refractivity contribution >= 4 is 39.5 Å². The third kappa shape index (κ3) is 5.21. The van der Waals surface area contributed by atoms with E-state index in [1.807, 2.05) is 28.7 Å². The molecule has 0 unspecified atom stereocenters. The van der Waals surface area contributed by atoms with E-state index >= 15 is 0 Å². The number of methoxy groups -OCH3 is 1. The van der Waals surface area contributed by atoms with Crippen LogP contribution in [-0.2, 0) is 4.74 Å². The Morgan fingerprint density at radius 3 is 2.90 bits per heavy atom. The fourth-order valence-corrected chi connectivity index (χ4v) is 3.69. The molecule has 0 radical (unpaired) electrons. The van der Waals surface area contributed by atoms with Crippen molar-refractivity contribution in [2.45, 2.75) is 25.0 Å². The van der Waals surface area contributed by atoms with Crippen molar-refractivity contribution < 1.29 is 23.4 Å². The summed E-state index contributed by atoms with van der Waals surface area (Å²) in [6.07, 6.45) is 3.05. The van der Waals surface area contributed by atoms with Crippen LogP contribution < -0.4 is 14.8 Å². The van der Waals surface area contributed by atoms with E-state index in [4.69, 9.17) is 14.2 Å². The lowest BCUT2D eigenvalue weighted by atomic mass is 10.0. The van der Waals surface area contributed by atoms with Crippen LogP contribution >= 0.6 is 22.6 Å². The van der Waals surface area contributed by atoms with Crippen molar-refractivity contribution in [1.82, 2.24) is 15.3 Å². The second-order valence-corrected chi connectivity index (χ2v) is 8.34. The Morgan fingerprint density at radius 1 is 1.29 bits per heavy atom. The molecule has 0 aliphatic carbocycles. The van der Waals surface area contributed by atoms with E-state index in [9.17, 15) is 9.18 Å². The summed E-state index contributed by atoms with van der Waals surface area (Å²) in [5.41, 5.74) is 1.65. The molecule has 1 amide bonds. The number of nitrogens with zero attached hydrogens (tertiary/aromatic N) is 2. The molecule has 0 spiro atoms. The fourth-order valence-electron chi connectivity index (χ4n) is 3.35. The molecule has 31 heavy (non-hydrogen) atoms. The van der Waals surface area contributed by atoms with Gasteiger partial charge in [-0.15, -0.1) is 0 Å². The minimum absolute atomic E-state index is 0.0993. The standard InChI is InChI=1S/C22H21FIN3O4/c1-29-20-7-6-18-21(27-20)19(8-9-25-18)31-12-15-4-3-14(11-30-15)26-22(28)13-2-5-17(24)16(23)10-13/h2,5-10,14-15H,3-4,11-12H2,1H3,(H,26,28)/t14-,15+/m1/s1. The zero-order chi connectivity index (χ0) is 21.8. The zero-order valence-corrected chi connectivity index (χ0v) is 19.0. The van der Waals surface area contributed by atoms with E-state index in [1.54, 1.807) is 37.6 Å². The Bertz CT molecular complexity index is 1090. The maximum absolute atomic E-state index is 13.7. The van der Waals surface area contributed by atoms with Gasteiger partial charge in [-0.2, -0.15) is 0 Å². The van der Waals surface area contributed by atoms with Gasteiger partial charge in [0.15, 0.2) is 0 Å². The van der Waals surface area contributed by atoms with Gasteiger partial charge in [-0.05, 0) is 59.7 Å². The van der Waals surface area contributed by atoms with Gasteiger partial charge in [0.2, 0.25) is 5.88 Å². The predicted molar refractivity (Wildman–Crippen MR) is 121 cm³/mol. The largest absolute Gasteiger partial charge is 0.488 e. The Hall–Kier alpha value is -2.53. The molecule has 1 N–H and O–H groups in total. The van der Waals surface area contributed by atoms with Crippen molar-refractivity contribution in [2.75, 3.05) is 20.3 Å². The van der Waals surface area contributed by atoms with Crippen LogP contribution in [0.2, 0.25) is 0 Å². The first kappa shape index (κ1) is 21.7. The average Bonchev–Trinajstić information content (AvgIpc) is 2.80. The number of hydrogen-bond donors (Lipinski definition) is 1. The topological polar surface area (TPSA) is 82.6 Å². The van der Waals surface area contributed by atoms with Crippen LogP contribution in [0.5, 0.6) is 11.6 Å². The van der Waals surface area contributed by atoms with Gasteiger partial charge in [-0.3, -0.25) is 9.78 Å². The highest BCUT2D eigenvalue weighted by Crippen LogP contribution is 2.25. The maximum Gasteiger partial charge on any atom is 0.251 e. The molecule has 1 aliphatic heterocycles. The Kier molecular flexibility index (Phi) is 6.81. The van der Waals surface area contributed by atoms with Crippen molar-refractivity contribution in [1.29, 1.82) is 0 Å². The predicted octanol–water partition coefficient (Wildman–Crippen LogP) is 3.74. The molecule has 7 nitrogen and oxygen atoms in total. The number of hydrogen-bond acceptors (Lipinski definition) is 6. The molecule has 3 heterocycles. The molecule has 0 saturated carbocycles. The zero-order valence-electron chi connectivity index (χ0n) is 16.8. The molecule has 162 valence electrons. The SMILES string of the molecule is COc1ccc2nccc(OC[C@@H]3CC[C@@H](NC(=O)c4ccc(I)c(F)c4)CO3)c2n1. The third-order valence-corrected chi connectivity index (χ3v) is 5.92. The van der Waals surface area contributed by atoms with Gasteiger partial charge in [0.1, 0.15) is 23.7 Å². The molecule has 1 saturated heterocycles. The average molecular weight is 537 g/mol. The number of halogens is 2. The van der Waals surface area contributed by atoms with E-state index in [1.165, 1.54) is 6.07 Å². The Morgan fingerprint density at radius 2 is 2.16 bits per heavy atom. The fraction of sp³-hybridized carbons (Fsp3) is 0.318. The summed E-state index contributed by atoms with van der Waals surface area (Å²) in [6, 6.07) is 9.67. The van der Waals surface area contributed by atoms with Crippen LogP contribution in [0, 0.1) is 9.39 Å². The second-order valence-electron chi connectivity index (χ2n) is 7.17. The highest BCUT2D eigenvalue weighted by atomic mass is 127. The molecule has 1 aliphatic rings. The summed E-state index contributed by atoms with van der Waals surface area (Å²) in [5, 5.41) is 2.91. The van der Waals surface area contributed by atoms with Crippen LogP contribution in [0.4, 0.5) is 4.39 Å². The van der Waals surface area contributed by atoms with Gasteiger partial charge in [0.25, 0.3) is 5.91 Å². The van der Waals surface area contributed by atoms with Crippen LogP contribution in [0.3, 0.4) is 0 Å². The molecule has 1 fully saturated rings. The van der Waals surface area contributed by atoms with Gasteiger partial charge < -0.3 is 19.5 Å². The van der Waals surface area contributed by atoms with E-state index < -0.39 is 5.82 Å². The number of fused-ring (bicyclic) bond motifs is 1. The highest BCUT2D eigenvalue weighted by molar-refractivity contribution is 14.1. The molecule has 1 aromatic carbocycles. The van der Waals surface area contributed by atoms with Crippen molar-refractivity contribution in [3.05, 3.63) is 57.5 Å². The number of rotatable bonds is 6. The quantitative estimate of drug-likeness (QED) is 0.483. The highest BCUT2D eigenvalue weighted by Gasteiger charge is 2.24. The second kappa shape index (κ2) is 9.73. The lowest BCUT2D eigenvalue weighted by Crippen LogP contribution is -2.44. The van der Waals surface area contributed by atoms with Gasteiger partial charge in [-0.25, -0.2) is 9.37 Å². The van der Waals surface area contributed by atoms with Gasteiger partial charge in [0, 0.05) is 27.5 Å². The van der Waals surface area contributed by atoms with Crippen molar-refractivity contribution in [2.24, 2.45) is 0 Å². The third-order valence-electron chi connectivity index (χ3n) is 5.04. The molecule has 4 rings (SSSR count). The summed E-state index contributed by atoms with van der Waals surface area (Å²) < 4.78 is 31.2. The molecule has 2 aromatic heterocycles. The van der Waals surface area contributed by atoms with Gasteiger partial charge >= 0.3 is 0 Å². The van der Waals surface area contributed by atoms with Crippen LogP contribution in [0.25, 0.3) is 11.0 Å². The summed E-state index contributed by atoms with van der Waals surface area (Å²) in [4.78, 5) is 21.1. The molecule has 9 heteroatoms. The minimum Gasteiger partial charge on any atom is -0.488 e. The number of pyridine rings is 2. The number of nitrogens with one attached hydrogen (secondary N) is 1. The Labute approximate surface area is 192 Å². The summed E-state index contributed by atoms with van der Waals surface area (Å²) >= 11 is 1.89. The number of ether oxygens (including phenoxy) is 3. The first-order valence-electron chi connectivity index (χ1n) is 9.83. The number of carbonyl (C=O) groups excluding carboxylic acids is 1. The Balaban J connectivity index is 1.30. The molecular formula is C22H21FIN3O4. The smallest absolute Gasteiger partial charge is 0.251 e. The molecule has 0 bridgehead atoms. The van der Waals surface area contributed by atoms with E-state index in [-0.39, 0.29) is 18.1 Å². The maximum atomic E-state index is 13.7. The molecule has 2 atom stereocenters. The summed E-state index contributed by atoms with van der Waals surface area (Å²) in [7, 11) is 1.56. The van der Waals surface area contributed by atoms with Gasteiger partial charge in [-0.1, -0.05) is 0 Å². The van der Waals surface area contributed by atoms with E-state index in [2.05, 4.69) is 15.3 Å². The summed E-state index contributed by atoms with van der Waals surface area (Å²) in [6.45, 7) is 0.733. The normalized spacial score (nSPS) is 18.5. The van der Waals surface area contributed by atoms with Crippen LogP contribution in [0.1, 0.15) is 23.2 Å². The molecular weight excluding hydrogens is 516 g/mol. The van der Waals surface area contributed by atoms with E-state index in [0.717, 1.165) is 18.4 Å². The molecule has 3 aromatic rings. The monoisotopic (exact) mass is 537 g/mol. The van der Waals surface area contributed by atoms with Crippen LogP contribution in [0.15, 0.2) is 42.6 Å². The number of aromatic nitrogens is 2. The van der Waals surface area contributed by atoms with Crippen LogP contribution in [-0.4, -0.2) is 48.3 Å². The number of amides is 1.